The first-order valence-corrected chi connectivity index (χ1v) is 27.6. The van der Waals surface area contributed by atoms with Crippen molar-refractivity contribution in [3.05, 3.63) is 191 Å². The molecule has 2 aliphatic heterocycles. The topological polar surface area (TPSA) is 9.72 Å². The number of benzene rings is 8. The first-order chi connectivity index (χ1) is 34.7. The van der Waals surface area contributed by atoms with Gasteiger partial charge in [-0.2, -0.15) is 0 Å². The molecule has 0 atom stereocenters. The van der Waals surface area contributed by atoms with Crippen LogP contribution in [0.3, 0.4) is 0 Å². The van der Waals surface area contributed by atoms with Gasteiger partial charge in [-0.25, -0.2) is 0 Å². The van der Waals surface area contributed by atoms with E-state index in [1.54, 1.807) is 0 Å². The maximum atomic E-state index is 2.74. The van der Waals surface area contributed by atoms with Crippen LogP contribution in [-0.4, -0.2) is 6.71 Å². The van der Waals surface area contributed by atoms with Crippen molar-refractivity contribution in [1.82, 2.24) is 0 Å². The molecular formula is C68H68BN3S. The third-order valence-electron chi connectivity index (χ3n) is 17.7. The number of hydrogen-bond donors (Lipinski definition) is 0. The Labute approximate surface area is 438 Å². The van der Waals surface area contributed by atoms with Gasteiger partial charge in [0.2, 0.25) is 0 Å². The fourth-order valence-corrected chi connectivity index (χ4v) is 15.1. The molecule has 73 heavy (non-hydrogen) atoms. The fourth-order valence-electron chi connectivity index (χ4n) is 14.0. The van der Waals surface area contributed by atoms with Crippen LogP contribution in [0.4, 0.5) is 51.2 Å². The molecule has 1 aromatic heterocycles. The van der Waals surface area contributed by atoms with E-state index in [2.05, 4.69) is 256 Å². The van der Waals surface area contributed by atoms with Crippen molar-refractivity contribution in [2.24, 2.45) is 0 Å². The van der Waals surface area contributed by atoms with Gasteiger partial charge in [-0.15, -0.1) is 11.3 Å². The SMILES string of the molecule is Cc1cc2c(cc1N1c3cc4c(cc3B3c5ccc(N(c6ccccc6)c6ccccc6)cc5N(c5ccc6c(c5)sc5ccccc56)c5cc(C(C)(C)C)cc1c53)C(C)(C)CC4(C)C)C(C)(C)CCC2(C)C. The molecule has 0 saturated carbocycles. The van der Waals surface area contributed by atoms with Crippen molar-refractivity contribution in [1.29, 1.82) is 0 Å². The summed E-state index contributed by atoms with van der Waals surface area (Å²) in [6.45, 7) is 29.4. The van der Waals surface area contributed by atoms with E-state index < -0.39 is 0 Å². The van der Waals surface area contributed by atoms with Gasteiger partial charge < -0.3 is 14.7 Å². The second-order valence-electron chi connectivity index (χ2n) is 25.7. The van der Waals surface area contributed by atoms with Gasteiger partial charge in [-0.05, 0) is 182 Å². The van der Waals surface area contributed by atoms with Gasteiger partial charge >= 0.3 is 0 Å². The minimum absolute atomic E-state index is 0.0151. The highest BCUT2D eigenvalue weighted by atomic mass is 32.1. The number of hydrogen-bond acceptors (Lipinski definition) is 4. The first-order valence-electron chi connectivity index (χ1n) is 26.8. The lowest BCUT2D eigenvalue weighted by atomic mass is 9.33. The zero-order valence-corrected chi connectivity index (χ0v) is 45.8. The van der Waals surface area contributed by atoms with Crippen LogP contribution in [0, 0.1) is 6.92 Å². The molecule has 3 nitrogen and oxygen atoms in total. The van der Waals surface area contributed by atoms with Crippen molar-refractivity contribution in [2.45, 2.75) is 129 Å². The Hall–Kier alpha value is -6.56. The number of aryl methyl sites for hydroxylation is 1. The predicted molar refractivity (Wildman–Crippen MR) is 317 cm³/mol. The minimum Gasteiger partial charge on any atom is -0.311 e. The molecule has 0 N–H and O–H groups in total. The summed E-state index contributed by atoms with van der Waals surface area (Å²) in [7, 11) is 0. The molecule has 0 unspecified atom stereocenters. The zero-order chi connectivity index (χ0) is 50.7. The van der Waals surface area contributed by atoms with Crippen LogP contribution in [-0.2, 0) is 27.1 Å². The molecular weight excluding hydrogens is 902 g/mol. The van der Waals surface area contributed by atoms with Crippen LogP contribution in [0.25, 0.3) is 20.2 Å². The van der Waals surface area contributed by atoms with Crippen molar-refractivity contribution in [2.75, 3.05) is 14.7 Å². The molecule has 364 valence electrons. The van der Waals surface area contributed by atoms with Crippen molar-refractivity contribution < 1.29 is 0 Å². The highest BCUT2D eigenvalue weighted by molar-refractivity contribution is 7.25. The maximum absolute atomic E-state index is 2.74. The van der Waals surface area contributed by atoms with Gasteiger partial charge in [0.1, 0.15) is 0 Å². The smallest absolute Gasteiger partial charge is 0.252 e. The fraction of sp³-hybridized carbons (Fsp3) is 0.294. The molecule has 0 radical (unpaired) electrons. The van der Waals surface area contributed by atoms with E-state index in [-0.39, 0.29) is 33.8 Å². The Morgan fingerprint density at radius 3 is 1.67 bits per heavy atom. The maximum Gasteiger partial charge on any atom is 0.252 e. The molecule has 4 aliphatic rings. The lowest BCUT2D eigenvalue weighted by molar-refractivity contribution is 0.332. The van der Waals surface area contributed by atoms with Crippen LogP contribution in [0.5, 0.6) is 0 Å². The molecule has 9 aromatic rings. The van der Waals surface area contributed by atoms with Crippen LogP contribution in [0.15, 0.2) is 158 Å². The van der Waals surface area contributed by atoms with E-state index >= 15 is 0 Å². The number of anilines is 9. The van der Waals surface area contributed by atoms with Crippen LogP contribution >= 0.6 is 11.3 Å². The van der Waals surface area contributed by atoms with E-state index in [9.17, 15) is 0 Å². The normalized spacial score (nSPS) is 17.5. The van der Waals surface area contributed by atoms with E-state index in [0.29, 0.717) is 0 Å². The molecule has 0 saturated heterocycles. The summed E-state index contributed by atoms with van der Waals surface area (Å²) < 4.78 is 2.62. The lowest BCUT2D eigenvalue weighted by Crippen LogP contribution is -2.61. The highest BCUT2D eigenvalue weighted by Gasteiger charge is 2.49. The molecule has 3 heterocycles. The average Bonchev–Trinajstić information content (AvgIpc) is 3.81. The van der Waals surface area contributed by atoms with Gasteiger partial charge in [0.25, 0.3) is 6.71 Å². The summed E-state index contributed by atoms with van der Waals surface area (Å²) in [4.78, 5) is 7.82. The summed E-state index contributed by atoms with van der Waals surface area (Å²) in [5.74, 6) is 0. The Balaban J connectivity index is 1.16. The van der Waals surface area contributed by atoms with Crippen LogP contribution in [0.1, 0.15) is 129 Å². The van der Waals surface area contributed by atoms with Crippen molar-refractivity contribution in [3.8, 4) is 0 Å². The van der Waals surface area contributed by atoms with Crippen molar-refractivity contribution in [3.63, 3.8) is 0 Å². The zero-order valence-electron chi connectivity index (χ0n) is 45.0. The highest BCUT2D eigenvalue weighted by Crippen LogP contribution is 2.55. The molecule has 5 heteroatoms. The molecule has 8 aromatic carbocycles. The van der Waals surface area contributed by atoms with Gasteiger partial charge in [-0.3, -0.25) is 0 Å². The predicted octanol–water partition coefficient (Wildman–Crippen LogP) is 17.5. The summed E-state index contributed by atoms with van der Waals surface area (Å²) >= 11 is 1.90. The average molecular weight is 970 g/mol. The first kappa shape index (κ1) is 46.2. The Bertz CT molecular complexity index is 3700. The number of nitrogens with zero attached hydrogens (tertiary/aromatic N) is 3. The Kier molecular flexibility index (Phi) is 9.97. The molecule has 2 aliphatic carbocycles. The largest absolute Gasteiger partial charge is 0.311 e. The monoisotopic (exact) mass is 970 g/mol. The van der Waals surface area contributed by atoms with Gasteiger partial charge in [0.15, 0.2) is 0 Å². The summed E-state index contributed by atoms with van der Waals surface area (Å²) in [6, 6.07) is 61.0. The van der Waals surface area contributed by atoms with E-state index in [1.807, 2.05) is 11.3 Å². The Morgan fingerprint density at radius 2 is 1.01 bits per heavy atom. The van der Waals surface area contributed by atoms with Crippen LogP contribution < -0.4 is 31.1 Å². The van der Waals surface area contributed by atoms with Gasteiger partial charge in [0, 0.05) is 71.4 Å². The standard InChI is InChI=1S/C68H68BN3S/c1-42-33-50-52(66(7,8)32-31-65(50,5)6)39-56(42)72-58-40-53-51(67(9,10)41-68(53,11)12)38-55(58)69-54-30-28-46(70(44-21-15-13-16-22-44)45-23-17-14-18-24-45)36-57(54)71(59-34-43(64(2,3)4)35-60(72)63(59)69)47-27-29-49-48-25-19-20-26-61(48)73-62(49)37-47/h13-30,33-40H,31-32,41H2,1-12H3. The van der Waals surface area contributed by atoms with E-state index in [1.165, 1.54) is 117 Å². The number of para-hydroxylation sites is 2. The second-order valence-corrected chi connectivity index (χ2v) is 26.7. The minimum atomic E-state index is -0.144. The van der Waals surface area contributed by atoms with Gasteiger partial charge in [-0.1, -0.05) is 155 Å². The molecule has 0 spiro atoms. The van der Waals surface area contributed by atoms with E-state index in [0.717, 1.165) is 23.5 Å². The summed E-state index contributed by atoms with van der Waals surface area (Å²) in [6.07, 6.45) is 3.47. The van der Waals surface area contributed by atoms with Crippen LogP contribution in [0.2, 0.25) is 0 Å². The third-order valence-corrected chi connectivity index (χ3v) is 18.9. The van der Waals surface area contributed by atoms with E-state index in [4.69, 9.17) is 0 Å². The second kappa shape index (κ2) is 15.7. The van der Waals surface area contributed by atoms with Crippen molar-refractivity contribution >= 4 is 106 Å². The molecule has 13 rings (SSSR count). The molecule has 0 amide bonds. The Morgan fingerprint density at radius 1 is 0.466 bits per heavy atom. The third kappa shape index (κ3) is 7.04. The number of fused-ring (bicyclic) bond motifs is 9. The summed E-state index contributed by atoms with van der Waals surface area (Å²) in [5.41, 5.74) is 23.8. The number of thiophene rings is 1. The molecule has 0 bridgehead atoms. The van der Waals surface area contributed by atoms with Gasteiger partial charge in [0.05, 0.1) is 0 Å². The lowest BCUT2D eigenvalue weighted by Gasteiger charge is -2.47. The molecule has 0 fully saturated rings. The summed E-state index contributed by atoms with van der Waals surface area (Å²) in [5, 5.41) is 2.63. The quantitative estimate of drug-likeness (QED) is 0.159. The number of rotatable bonds is 5.